The summed E-state index contributed by atoms with van der Waals surface area (Å²) in [6.45, 7) is 0. The normalized spacial score (nSPS) is 11.6. The van der Waals surface area contributed by atoms with Crippen LogP contribution in [0.25, 0.3) is 11.1 Å². The number of alkyl halides is 1. The number of hydrogen-bond acceptors (Lipinski definition) is 2. The molecule has 158 valence electrons. The van der Waals surface area contributed by atoms with Crippen molar-refractivity contribution < 1.29 is 9.59 Å². The minimum Gasteiger partial charge on any atom is -0.324 e. The highest BCUT2D eigenvalue weighted by Crippen LogP contribution is 2.28. The third kappa shape index (κ3) is 4.91. The van der Waals surface area contributed by atoms with Crippen molar-refractivity contribution >= 4 is 40.6 Å². The highest BCUT2D eigenvalue weighted by molar-refractivity contribution is 6.33. The second kappa shape index (κ2) is 9.82. The lowest BCUT2D eigenvalue weighted by atomic mass is 10.0. The van der Waals surface area contributed by atoms with Gasteiger partial charge in [-0.2, -0.15) is 0 Å². The predicted octanol–water partition coefficient (Wildman–Crippen LogP) is 7.16. The average Bonchev–Trinajstić information content (AvgIpc) is 2.85. The Labute approximate surface area is 196 Å². The molecular formula is C27H19Cl2NO2. The summed E-state index contributed by atoms with van der Waals surface area (Å²) in [5.74, 6) is -0.662. The molecule has 0 fully saturated rings. The Morgan fingerprint density at radius 3 is 1.97 bits per heavy atom. The summed E-state index contributed by atoms with van der Waals surface area (Å²) in [6, 6.07) is 31.1. The second-order valence-electron chi connectivity index (χ2n) is 7.22. The van der Waals surface area contributed by atoms with Crippen LogP contribution in [0.4, 0.5) is 5.69 Å². The zero-order valence-electron chi connectivity index (χ0n) is 17.0. The summed E-state index contributed by atoms with van der Waals surface area (Å²) in [7, 11) is 0. The van der Waals surface area contributed by atoms with E-state index in [9.17, 15) is 9.59 Å². The highest BCUT2D eigenvalue weighted by Gasteiger charge is 2.21. The van der Waals surface area contributed by atoms with Crippen LogP contribution in [0, 0.1) is 0 Å². The first-order valence-corrected chi connectivity index (χ1v) is 10.8. The van der Waals surface area contributed by atoms with Crippen molar-refractivity contribution in [2.75, 3.05) is 5.32 Å². The van der Waals surface area contributed by atoms with E-state index in [4.69, 9.17) is 23.2 Å². The lowest BCUT2D eigenvalue weighted by molar-refractivity contribution is -0.116. The molecule has 4 aromatic carbocycles. The van der Waals surface area contributed by atoms with Crippen LogP contribution in [0.2, 0.25) is 5.02 Å². The molecule has 32 heavy (non-hydrogen) atoms. The topological polar surface area (TPSA) is 46.2 Å². The summed E-state index contributed by atoms with van der Waals surface area (Å²) in [5.41, 5.74) is 3.95. The molecule has 4 rings (SSSR count). The first-order chi connectivity index (χ1) is 15.5. The van der Waals surface area contributed by atoms with E-state index in [0.29, 0.717) is 27.4 Å². The number of carbonyl (C=O) groups is 2. The van der Waals surface area contributed by atoms with Gasteiger partial charge in [0.25, 0.3) is 0 Å². The van der Waals surface area contributed by atoms with E-state index in [2.05, 4.69) is 5.32 Å². The van der Waals surface area contributed by atoms with Crippen molar-refractivity contribution in [1.29, 1.82) is 0 Å². The zero-order chi connectivity index (χ0) is 22.5. The Morgan fingerprint density at radius 1 is 0.719 bits per heavy atom. The molecule has 0 bridgehead atoms. The van der Waals surface area contributed by atoms with Gasteiger partial charge in [-0.3, -0.25) is 9.59 Å². The smallest absolute Gasteiger partial charge is 0.246 e. The molecule has 0 aliphatic carbocycles. The van der Waals surface area contributed by atoms with E-state index in [1.54, 1.807) is 42.5 Å². The van der Waals surface area contributed by atoms with Crippen molar-refractivity contribution in [3.63, 3.8) is 0 Å². The Kier molecular flexibility index (Phi) is 6.69. The molecule has 1 N–H and O–H groups in total. The maximum atomic E-state index is 13.0. The van der Waals surface area contributed by atoms with Crippen LogP contribution in [-0.4, -0.2) is 11.7 Å². The van der Waals surface area contributed by atoms with Crippen LogP contribution in [0.3, 0.4) is 0 Å². The van der Waals surface area contributed by atoms with E-state index in [1.807, 2.05) is 60.7 Å². The Balaban J connectivity index is 1.54. The van der Waals surface area contributed by atoms with Crippen LogP contribution in [0.5, 0.6) is 0 Å². The summed E-state index contributed by atoms with van der Waals surface area (Å²) in [4.78, 5) is 25.8. The second-order valence-corrected chi connectivity index (χ2v) is 8.10. The molecule has 1 amide bonds. The van der Waals surface area contributed by atoms with Gasteiger partial charge in [-0.1, -0.05) is 96.5 Å². The van der Waals surface area contributed by atoms with Gasteiger partial charge in [0.05, 0.1) is 5.69 Å². The summed E-state index contributed by atoms with van der Waals surface area (Å²) < 4.78 is 0. The molecule has 0 spiro atoms. The van der Waals surface area contributed by atoms with Crippen LogP contribution < -0.4 is 5.32 Å². The molecule has 0 heterocycles. The third-order valence-corrected chi connectivity index (χ3v) is 5.75. The summed E-state index contributed by atoms with van der Waals surface area (Å²) >= 11 is 12.6. The largest absolute Gasteiger partial charge is 0.324 e. The van der Waals surface area contributed by atoms with E-state index < -0.39 is 11.3 Å². The van der Waals surface area contributed by atoms with Gasteiger partial charge in [-0.05, 0) is 34.9 Å². The first kappa shape index (κ1) is 21.8. The quantitative estimate of drug-likeness (QED) is 0.245. The number of halogens is 2. The van der Waals surface area contributed by atoms with Gasteiger partial charge in [0.1, 0.15) is 5.38 Å². The monoisotopic (exact) mass is 459 g/mol. The predicted molar refractivity (Wildman–Crippen MR) is 130 cm³/mol. The highest BCUT2D eigenvalue weighted by atomic mass is 35.5. The maximum Gasteiger partial charge on any atom is 0.246 e. The number of benzene rings is 4. The van der Waals surface area contributed by atoms with Gasteiger partial charge in [-0.15, -0.1) is 11.6 Å². The molecule has 3 nitrogen and oxygen atoms in total. The first-order valence-electron chi connectivity index (χ1n) is 10.0. The van der Waals surface area contributed by atoms with Gasteiger partial charge in [0.2, 0.25) is 5.91 Å². The molecule has 1 atom stereocenters. The van der Waals surface area contributed by atoms with Crippen LogP contribution in [0.15, 0.2) is 103 Å². The fourth-order valence-electron chi connectivity index (χ4n) is 3.38. The summed E-state index contributed by atoms with van der Waals surface area (Å²) in [5, 5.41) is 2.27. The zero-order valence-corrected chi connectivity index (χ0v) is 18.5. The minimum absolute atomic E-state index is 0.235. The minimum atomic E-state index is -0.921. The van der Waals surface area contributed by atoms with Gasteiger partial charge >= 0.3 is 0 Å². The van der Waals surface area contributed by atoms with Gasteiger partial charge in [0.15, 0.2) is 5.78 Å². The van der Waals surface area contributed by atoms with Crippen molar-refractivity contribution in [3.8, 4) is 11.1 Å². The molecule has 0 aliphatic rings. The standard InChI is InChI=1S/C27H19Cl2NO2/c28-22-15-16-24(23(17-22)26(31)21-9-5-2-6-10-21)30-27(32)25(29)20-13-11-19(12-14-20)18-7-3-1-4-8-18/h1-17,25H,(H,30,32). The fraction of sp³-hybridized carbons (Fsp3) is 0.0370. The van der Waals surface area contributed by atoms with Crippen LogP contribution in [-0.2, 0) is 4.79 Å². The van der Waals surface area contributed by atoms with E-state index in [0.717, 1.165) is 11.1 Å². The number of amides is 1. The lowest BCUT2D eigenvalue weighted by Gasteiger charge is -2.15. The molecule has 1 unspecified atom stereocenters. The summed E-state index contributed by atoms with van der Waals surface area (Å²) in [6.07, 6.45) is 0. The maximum absolute atomic E-state index is 13.0. The third-order valence-electron chi connectivity index (χ3n) is 5.06. The van der Waals surface area contributed by atoms with E-state index in [1.165, 1.54) is 0 Å². The number of hydrogen-bond donors (Lipinski definition) is 1. The fourth-order valence-corrected chi connectivity index (χ4v) is 3.75. The Bertz CT molecular complexity index is 1240. The molecule has 0 aromatic heterocycles. The Morgan fingerprint density at radius 2 is 1.31 bits per heavy atom. The molecular weight excluding hydrogens is 441 g/mol. The van der Waals surface area contributed by atoms with Crippen molar-refractivity contribution in [1.82, 2.24) is 0 Å². The van der Waals surface area contributed by atoms with Crippen molar-refractivity contribution in [2.24, 2.45) is 0 Å². The molecule has 0 saturated heterocycles. The molecule has 4 aromatic rings. The lowest BCUT2D eigenvalue weighted by Crippen LogP contribution is -2.19. The van der Waals surface area contributed by atoms with Gasteiger partial charge < -0.3 is 5.32 Å². The Hall–Kier alpha value is -3.40. The van der Waals surface area contributed by atoms with Crippen LogP contribution >= 0.6 is 23.2 Å². The van der Waals surface area contributed by atoms with E-state index >= 15 is 0 Å². The number of nitrogens with one attached hydrogen (secondary N) is 1. The number of ketones is 1. The van der Waals surface area contributed by atoms with Crippen molar-refractivity contribution in [3.05, 3.63) is 125 Å². The molecule has 0 aliphatic heterocycles. The SMILES string of the molecule is O=C(c1ccccc1)c1cc(Cl)ccc1NC(=O)C(Cl)c1ccc(-c2ccccc2)cc1. The van der Waals surface area contributed by atoms with Crippen molar-refractivity contribution in [2.45, 2.75) is 5.38 Å². The van der Waals surface area contributed by atoms with Gasteiger partial charge in [-0.25, -0.2) is 0 Å². The van der Waals surface area contributed by atoms with Crippen LogP contribution in [0.1, 0.15) is 26.9 Å². The molecule has 0 saturated carbocycles. The molecule has 0 radical (unpaired) electrons. The average molecular weight is 460 g/mol. The van der Waals surface area contributed by atoms with E-state index in [-0.39, 0.29) is 5.78 Å². The number of anilines is 1. The number of rotatable bonds is 6. The molecule has 5 heteroatoms. The number of carbonyl (C=O) groups excluding carboxylic acids is 2. The van der Waals surface area contributed by atoms with Gasteiger partial charge in [0, 0.05) is 16.1 Å².